The van der Waals surface area contributed by atoms with Gasteiger partial charge in [0.25, 0.3) is 5.91 Å². The van der Waals surface area contributed by atoms with Crippen molar-refractivity contribution in [2.24, 2.45) is 0 Å². The Labute approximate surface area is 183 Å². The molecular weight excluding hydrogens is 420 g/mol. The number of anilines is 1. The summed E-state index contributed by atoms with van der Waals surface area (Å²) in [6.45, 7) is 7.61. The van der Waals surface area contributed by atoms with E-state index < -0.39 is 28.5 Å². The van der Waals surface area contributed by atoms with Gasteiger partial charge in [-0.3, -0.25) is 4.79 Å². The van der Waals surface area contributed by atoms with Gasteiger partial charge in [-0.2, -0.15) is 4.31 Å². The molecule has 0 fully saturated rings. The van der Waals surface area contributed by atoms with Crippen molar-refractivity contribution in [2.75, 3.05) is 25.0 Å². The first-order valence-electron chi connectivity index (χ1n) is 10.0. The van der Waals surface area contributed by atoms with Crippen LogP contribution in [0.15, 0.2) is 53.4 Å². The quantitative estimate of drug-likeness (QED) is 0.560. The lowest BCUT2D eigenvalue weighted by Gasteiger charge is -2.18. The molecule has 2 aromatic rings. The minimum Gasteiger partial charge on any atom is -0.491 e. The number of ether oxygens (including phenoxy) is 2. The van der Waals surface area contributed by atoms with E-state index in [9.17, 15) is 18.0 Å². The highest BCUT2D eigenvalue weighted by Gasteiger charge is 2.21. The maximum absolute atomic E-state index is 12.5. The lowest BCUT2D eigenvalue weighted by atomic mass is 10.2. The van der Waals surface area contributed by atoms with Gasteiger partial charge in [0.05, 0.1) is 16.6 Å². The highest BCUT2D eigenvalue weighted by molar-refractivity contribution is 7.89. The van der Waals surface area contributed by atoms with Gasteiger partial charge in [-0.25, -0.2) is 13.2 Å². The minimum absolute atomic E-state index is 0.0212. The third-order valence-electron chi connectivity index (χ3n) is 4.28. The van der Waals surface area contributed by atoms with Crippen LogP contribution >= 0.6 is 0 Å². The summed E-state index contributed by atoms with van der Waals surface area (Å²) in [4.78, 5) is 24.3. The van der Waals surface area contributed by atoms with Gasteiger partial charge >= 0.3 is 5.97 Å². The first kappa shape index (κ1) is 24.4. The van der Waals surface area contributed by atoms with E-state index >= 15 is 0 Å². The fraction of sp³-hybridized carbons (Fsp3) is 0.364. The molecular formula is C22H28N2O6S. The van der Waals surface area contributed by atoms with Gasteiger partial charge in [0.2, 0.25) is 10.0 Å². The zero-order chi connectivity index (χ0) is 23.0. The van der Waals surface area contributed by atoms with Crippen molar-refractivity contribution < 1.29 is 27.5 Å². The molecule has 0 saturated carbocycles. The Morgan fingerprint density at radius 1 is 0.968 bits per heavy atom. The summed E-state index contributed by atoms with van der Waals surface area (Å²) in [6.07, 6.45) is 0.0212. The normalized spacial score (nSPS) is 11.4. The lowest BCUT2D eigenvalue weighted by Crippen LogP contribution is -2.30. The molecule has 168 valence electrons. The van der Waals surface area contributed by atoms with Crippen LogP contribution in [0.25, 0.3) is 0 Å². The van der Waals surface area contributed by atoms with Crippen LogP contribution in [-0.4, -0.2) is 50.4 Å². The van der Waals surface area contributed by atoms with E-state index in [0.29, 0.717) is 30.1 Å². The lowest BCUT2D eigenvalue weighted by molar-refractivity contribution is -0.119. The first-order valence-corrected chi connectivity index (χ1v) is 11.4. The molecule has 0 aliphatic rings. The molecule has 0 radical (unpaired) electrons. The largest absolute Gasteiger partial charge is 0.491 e. The number of benzene rings is 2. The molecule has 9 heteroatoms. The smallest absolute Gasteiger partial charge is 0.338 e. The summed E-state index contributed by atoms with van der Waals surface area (Å²) < 4.78 is 36.9. The molecule has 2 aromatic carbocycles. The summed E-state index contributed by atoms with van der Waals surface area (Å²) >= 11 is 0. The van der Waals surface area contributed by atoms with E-state index in [1.54, 1.807) is 38.1 Å². The number of carbonyl (C=O) groups excluding carboxylic acids is 2. The standard InChI is InChI=1S/C22H28N2O6S/c1-5-24(6-2)31(27,28)20-13-9-18(10-14-20)23-21(25)15-29-22(26)17-7-11-19(12-8-17)30-16(3)4/h7-14,16H,5-6,15H2,1-4H3,(H,23,25). The molecule has 0 unspecified atom stereocenters. The summed E-state index contributed by atoms with van der Waals surface area (Å²) in [6, 6.07) is 12.3. The van der Waals surface area contributed by atoms with Gasteiger partial charge in [-0.05, 0) is 62.4 Å². The van der Waals surface area contributed by atoms with E-state index in [0.717, 1.165) is 0 Å². The van der Waals surface area contributed by atoms with Crippen molar-refractivity contribution in [1.82, 2.24) is 4.31 Å². The summed E-state index contributed by atoms with van der Waals surface area (Å²) in [5, 5.41) is 2.57. The van der Waals surface area contributed by atoms with Crippen LogP contribution in [0, 0.1) is 0 Å². The zero-order valence-corrected chi connectivity index (χ0v) is 18.9. The van der Waals surface area contributed by atoms with Crippen molar-refractivity contribution in [1.29, 1.82) is 0 Å². The van der Waals surface area contributed by atoms with Gasteiger partial charge in [0.15, 0.2) is 6.61 Å². The van der Waals surface area contributed by atoms with E-state index in [4.69, 9.17) is 9.47 Å². The Balaban J connectivity index is 1.90. The maximum atomic E-state index is 12.5. The van der Waals surface area contributed by atoms with Crippen LogP contribution in [0.2, 0.25) is 0 Å². The van der Waals surface area contributed by atoms with E-state index in [2.05, 4.69) is 5.32 Å². The molecule has 0 aliphatic heterocycles. The SMILES string of the molecule is CCN(CC)S(=O)(=O)c1ccc(NC(=O)COC(=O)c2ccc(OC(C)C)cc2)cc1. The Kier molecular flexibility index (Phi) is 8.58. The molecule has 0 saturated heterocycles. The molecule has 0 atom stereocenters. The van der Waals surface area contributed by atoms with Crippen molar-refractivity contribution >= 4 is 27.6 Å². The third-order valence-corrected chi connectivity index (χ3v) is 6.34. The number of sulfonamides is 1. The predicted molar refractivity (Wildman–Crippen MR) is 118 cm³/mol. The minimum atomic E-state index is -3.57. The van der Waals surface area contributed by atoms with Gasteiger partial charge in [-0.1, -0.05) is 13.8 Å². The van der Waals surface area contributed by atoms with E-state index in [-0.39, 0.29) is 11.0 Å². The number of hydrogen-bond donors (Lipinski definition) is 1. The van der Waals surface area contributed by atoms with Gasteiger partial charge in [0.1, 0.15) is 5.75 Å². The Morgan fingerprint density at radius 2 is 1.55 bits per heavy atom. The molecule has 0 bridgehead atoms. The first-order chi connectivity index (χ1) is 14.7. The number of rotatable bonds is 10. The Morgan fingerprint density at radius 3 is 2.06 bits per heavy atom. The molecule has 31 heavy (non-hydrogen) atoms. The van der Waals surface area contributed by atoms with Crippen molar-refractivity contribution in [3.05, 3.63) is 54.1 Å². The van der Waals surface area contributed by atoms with Gasteiger partial charge in [0, 0.05) is 18.8 Å². The Bertz CT molecular complexity index is 982. The summed E-state index contributed by atoms with van der Waals surface area (Å²) in [5.74, 6) is -0.532. The van der Waals surface area contributed by atoms with Crippen LogP contribution in [0.1, 0.15) is 38.1 Å². The number of carbonyl (C=O) groups is 2. The van der Waals surface area contributed by atoms with Crippen LogP contribution in [0.5, 0.6) is 5.75 Å². The molecule has 2 rings (SSSR count). The van der Waals surface area contributed by atoms with Gasteiger partial charge < -0.3 is 14.8 Å². The number of nitrogens with one attached hydrogen (secondary N) is 1. The average Bonchev–Trinajstić information content (AvgIpc) is 2.73. The second-order valence-electron chi connectivity index (χ2n) is 6.93. The number of nitrogens with zero attached hydrogens (tertiary/aromatic N) is 1. The van der Waals surface area contributed by atoms with Crippen LogP contribution in [-0.2, 0) is 19.6 Å². The zero-order valence-electron chi connectivity index (χ0n) is 18.1. The number of esters is 1. The molecule has 8 nitrogen and oxygen atoms in total. The maximum Gasteiger partial charge on any atom is 0.338 e. The second-order valence-corrected chi connectivity index (χ2v) is 8.87. The number of amides is 1. The summed E-state index contributed by atoms with van der Waals surface area (Å²) in [5.41, 5.74) is 0.699. The molecule has 0 spiro atoms. The van der Waals surface area contributed by atoms with Crippen molar-refractivity contribution in [3.8, 4) is 5.75 Å². The molecule has 1 amide bonds. The fourth-order valence-corrected chi connectivity index (χ4v) is 4.23. The molecule has 0 aliphatic carbocycles. The molecule has 0 heterocycles. The van der Waals surface area contributed by atoms with Crippen LogP contribution in [0.4, 0.5) is 5.69 Å². The molecule has 0 aromatic heterocycles. The van der Waals surface area contributed by atoms with E-state index in [1.165, 1.54) is 28.6 Å². The van der Waals surface area contributed by atoms with Crippen molar-refractivity contribution in [2.45, 2.75) is 38.7 Å². The van der Waals surface area contributed by atoms with Crippen molar-refractivity contribution in [3.63, 3.8) is 0 Å². The topological polar surface area (TPSA) is 102 Å². The highest BCUT2D eigenvalue weighted by atomic mass is 32.2. The predicted octanol–water partition coefficient (Wildman–Crippen LogP) is 3.30. The fourth-order valence-electron chi connectivity index (χ4n) is 2.78. The van der Waals surface area contributed by atoms with Gasteiger partial charge in [-0.15, -0.1) is 0 Å². The van der Waals surface area contributed by atoms with Crippen LogP contribution < -0.4 is 10.1 Å². The van der Waals surface area contributed by atoms with Crippen LogP contribution in [0.3, 0.4) is 0 Å². The third kappa shape index (κ3) is 6.80. The van der Waals surface area contributed by atoms with E-state index in [1.807, 2.05) is 13.8 Å². The number of hydrogen-bond acceptors (Lipinski definition) is 6. The monoisotopic (exact) mass is 448 g/mol. The summed E-state index contributed by atoms with van der Waals surface area (Å²) in [7, 11) is -3.57. The Hall–Kier alpha value is -2.91. The second kappa shape index (κ2) is 10.9. The average molecular weight is 449 g/mol. The molecule has 1 N–H and O–H groups in total. The highest BCUT2D eigenvalue weighted by Crippen LogP contribution is 2.18.